The lowest BCUT2D eigenvalue weighted by molar-refractivity contribution is 0.0951. The van der Waals surface area contributed by atoms with Gasteiger partial charge in [-0.15, -0.1) is 12.4 Å². The molecule has 0 bridgehead atoms. The molecular weight excluding hydrogens is 284 g/mol. The van der Waals surface area contributed by atoms with E-state index in [-0.39, 0.29) is 18.3 Å². The predicted octanol–water partition coefficient (Wildman–Crippen LogP) is 3.02. The average molecular weight is 309 g/mol. The number of benzene rings is 1. The number of carbonyl (C=O) groups is 1. The highest BCUT2D eigenvalue weighted by Crippen LogP contribution is 2.28. The molecule has 1 aromatic carbocycles. The van der Waals surface area contributed by atoms with Gasteiger partial charge in [-0.25, -0.2) is 0 Å². The number of rotatable bonds is 4. The first-order valence-corrected chi connectivity index (χ1v) is 7.83. The fourth-order valence-electron chi connectivity index (χ4n) is 2.95. The topological polar surface area (TPSA) is 41.1 Å². The van der Waals surface area contributed by atoms with Gasteiger partial charge in [-0.05, 0) is 74.7 Å². The molecule has 4 heteroatoms. The van der Waals surface area contributed by atoms with Crippen molar-refractivity contribution >= 4 is 18.3 Å². The zero-order chi connectivity index (χ0) is 13.9. The maximum atomic E-state index is 12.3. The van der Waals surface area contributed by atoms with Crippen LogP contribution in [-0.2, 0) is 0 Å². The lowest BCUT2D eigenvalue weighted by Crippen LogP contribution is -2.28. The second-order valence-corrected chi connectivity index (χ2v) is 6.25. The predicted molar refractivity (Wildman–Crippen MR) is 88.3 cm³/mol. The standard InChI is InChI=1S/C17H24N2O.ClH/c1-12-2-5-15(14-6-8-18-9-7-14)10-16(12)17(20)19-11-13-3-4-13;/h2,5,10,13-14,18H,3-4,6-9,11H2,1H3,(H,19,20);1H. The van der Waals surface area contributed by atoms with Crippen LogP contribution in [0.3, 0.4) is 0 Å². The van der Waals surface area contributed by atoms with Crippen LogP contribution in [0.2, 0.25) is 0 Å². The first-order valence-electron chi connectivity index (χ1n) is 7.83. The second kappa shape index (κ2) is 7.28. The highest BCUT2D eigenvalue weighted by Gasteiger charge is 2.23. The number of aryl methyl sites for hydroxylation is 1. The molecule has 2 fully saturated rings. The Kier molecular flexibility index (Phi) is 5.65. The summed E-state index contributed by atoms with van der Waals surface area (Å²) in [7, 11) is 0. The molecule has 0 spiro atoms. The zero-order valence-electron chi connectivity index (χ0n) is 12.7. The van der Waals surface area contributed by atoms with Crippen molar-refractivity contribution in [3.63, 3.8) is 0 Å². The van der Waals surface area contributed by atoms with E-state index in [0.717, 1.165) is 36.7 Å². The Morgan fingerprint density at radius 1 is 1.24 bits per heavy atom. The highest BCUT2D eigenvalue weighted by atomic mass is 35.5. The first-order chi connectivity index (χ1) is 9.74. The van der Waals surface area contributed by atoms with Crippen LogP contribution >= 0.6 is 12.4 Å². The minimum Gasteiger partial charge on any atom is -0.352 e. The van der Waals surface area contributed by atoms with Gasteiger partial charge in [-0.3, -0.25) is 4.79 Å². The fraction of sp³-hybridized carbons (Fsp3) is 0.588. The van der Waals surface area contributed by atoms with Gasteiger partial charge in [0.25, 0.3) is 5.91 Å². The summed E-state index contributed by atoms with van der Waals surface area (Å²) < 4.78 is 0. The molecule has 0 unspecified atom stereocenters. The summed E-state index contributed by atoms with van der Waals surface area (Å²) in [6.07, 6.45) is 4.89. The van der Waals surface area contributed by atoms with E-state index in [2.05, 4.69) is 28.8 Å². The summed E-state index contributed by atoms with van der Waals surface area (Å²) in [4.78, 5) is 12.3. The van der Waals surface area contributed by atoms with Gasteiger partial charge in [0, 0.05) is 12.1 Å². The Morgan fingerprint density at radius 3 is 2.62 bits per heavy atom. The van der Waals surface area contributed by atoms with Crippen molar-refractivity contribution in [3.05, 3.63) is 34.9 Å². The average Bonchev–Trinajstić information content (AvgIpc) is 3.30. The molecule has 3 nitrogen and oxygen atoms in total. The molecule has 1 amide bonds. The Balaban J connectivity index is 0.00000161. The molecular formula is C17H25ClN2O. The van der Waals surface area contributed by atoms with Crippen LogP contribution in [0.5, 0.6) is 0 Å². The molecule has 3 rings (SSSR count). The molecule has 2 aliphatic rings. The van der Waals surface area contributed by atoms with Gasteiger partial charge in [-0.1, -0.05) is 12.1 Å². The largest absolute Gasteiger partial charge is 0.352 e. The Morgan fingerprint density at radius 2 is 1.95 bits per heavy atom. The van der Waals surface area contributed by atoms with Crippen molar-refractivity contribution < 1.29 is 4.79 Å². The molecule has 2 N–H and O–H groups in total. The number of amides is 1. The van der Waals surface area contributed by atoms with E-state index in [9.17, 15) is 4.79 Å². The van der Waals surface area contributed by atoms with Gasteiger partial charge in [0.1, 0.15) is 0 Å². The molecule has 0 radical (unpaired) electrons. The number of nitrogens with one attached hydrogen (secondary N) is 2. The minimum absolute atomic E-state index is 0. The summed E-state index contributed by atoms with van der Waals surface area (Å²) in [5.41, 5.74) is 3.27. The van der Waals surface area contributed by atoms with Crippen molar-refractivity contribution in [1.29, 1.82) is 0 Å². The van der Waals surface area contributed by atoms with Crippen molar-refractivity contribution in [2.75, 3.05) is 19.6 Å². The molecule has 0 aromatic heterocycles. The van der Waals surface area contributed by atoms with Crippen LogP contribution in [0.25, 0.3) is 0 Å². The van der Waals surface area contributed by atoms with E-state index in [1.54, 1.807) is 0 Å². The van der Waals surface area contributed by atoms with Gasteiger partial charge in [0.2, 0.25) is 0 Å². The first kappa shape index (κ1) is 16.3. The second-order valence-electron chi connectivity index (χ2n) is 6.25. The third-order valence-corrected chi connectivity index (χ3v) is 4.57. The van der Waals surface area contributed by atoms with E-state index < -0.39 is 0 Å². The van der Waals surface area contributed by atoms with Gasteiger partial charge in [-0.2, -0.15) is 0 Å². The van der Waals surface area contributed by atoms with E-state index in [1.165, 1.54) is 31.2 Å². The van der Waals surface area contributed by atoms with Crippen molar-refractivity contribution in [2.45, 2.75) is 38.5 Å². The fourth-order valence-corrected chi connectivity index (χ4v) is 2.95. The van der Waals surface area contributed by atoms with Crippen LogP contribution in [0.15, 0.2) is 18.2 Å². The van der Waals surface area contributed by atoms with Gasteiger partial charge < -0.3 is 10.6 Å². The molecule has 116 valence electrons. The van der Waals surface area contributed by atoms with Crippen molar-refractivity contribution in [3.8, 4) is 0 Å². The number of hydrogen-bond donors (Lipinski definition) is 2. The Labute approximate surface area is 133 Å². The Hall–Kier alpha value is -1.06. The van der Waals surface area contributed by atoms with E-state index in [4.69, 9.17) is 0 Å². The van der Waals surface area contributed by atoms with Crippen LogP contribution < -0.4 is 10.6 Å². The molecule has 1 aromatic rings. The maximum absolute atomic E-state index is 12.3. The Bertz CT molecular complexity index is 494. The minimum atomic E-state index is 0. The SMILES string of the molecule is Cc1ccc(C2CCNCC2)cc1C(=O)NCC1CC1.Cl. The molecule has 0 atom stereocenters. The van der Waals surface area contributed by atoms with E-state index >= 15 is 0 Å². The monoisotopic (exact) mass is 308 g/mol. The number of hydrogen-bond acceptors (Lipinski definition) is 2. The lowest BCUT2D eigenvalue weighted by Gasteiger charge is -2.23. The molecule has 1 saturated carbocycles. The smallest absolute Gasteiger partial charge is 0.251 e. The molecule has 21 heavy (non-hydrogen) atoms. The summed E-state index contributed by atoms with van der Waals surface area (Å²) in [5, 5.41) is 6.47. The number of carbonyl (C=O) groups excluding carboxylic acids is 1. The van der Waals surface area contributed by atoms with Crippen LogP contribution in [0.1, 0.15) is 53.1 Å². The van der Waals surface area contributed by atoms with E-state index in [1.807, 2.05) is 6.92 Å². The van der Waals surface area contributed by atoms with E-state index in [0.29, 0.717) is 5.92 Å². The molecule has 1 aliphatic heterocycles. The van der Waals surface area contributed by atoms with Gasteiger partial charge in [0.05, 0.1) is 0 Å². The zero-order valence-corrected chi connectivity index (χ0v) is 13.5. The van der Waals surface area contributed by atoms with Crippen LogP contribution in [-0.4, -0.2) is 25.5 Å². The quantitative estimate of drug-likeness (QED) is 0.897. The normalized spacial score (nSPS) is 18.9. The summed E-state index contributed by atoms with van der Waals surface area (Å²) in [6, 6.07) is 6.42. The lowest BCUT2D eigenvalue weighted by atomic mass is 9.88. The summed E-state index contributed by atoms with van der Waals surface area (Å²) in [6.45, 7) is 5.04. The van der Waals surface area contributed by atoms with Crippen molar-refractivity contribution in [2.24, 2.45) is 5.92 Å². The number of piperidine rings is 1. The maximum Gasteiger partial charge on any atom is 0.251 e. The summed E-state index contributed by atoms with van der Waals surface area (Å²) in [5.74, 6) is 1.43. The highest BCUT2D eigenvalue weighted by molar-refractivity contribution is 5.95. The van der Waals surface area contributed by atoms with Crippen LogP contribution in [0, 0.1) is 12.8 Å². The third kappa shape index (κ3) is 4.21. The molecule has 1 heterocycles. The number of halogens is 1. The third-order valence-electron chi connectivity index (χ3n) is 4.57. The van der Waals surface area contributed by atoms with Crippen molar-refractivity contribution in [1.82, 2.24) is 10.6 Å². The van der Waals surface area contributed by atoms with Gasteiger partial charge in [0.15, 0.2) is 0 Å². The van der Waals surface area contributed by atoms with Crippen LogP contribution in [0.4, 0.5) is 0 Å². The van der Waals surface area contributed by atoms with Gasteiger partial charge >= 0.3 is 0 Å². The molecule has 1 saturated heterocycles. The summed E-state index contributed by atoms with van der Waals surface area (Å²) >= 11 is 0. The molecule has 1 aliphatic carbocycles.